The zero-order chi connectivity index (χ0) is 27.6. The molecule has 2 amide bonds. The number of nitrogen functional groups attached to an aromatic ring is 1. The minimum absolute atomic E-state index is 0.0245. The van der Waals surface area contributed by atoms with E-state index in [-0.39, 0.29) is 23.8 Å². The van der Waals surface area contributed by atoms with Crippen molar-refractivity contribution in [3.8, 4) is 11.5 Å². The molecule has 0 bridgehead atoms. The van der Waals surface area contributed by atoms with E-state index in [1.165, 1.54) is 58.6 Å². The van der Waals surface area contributed by atoms with Gasteiger partial charge in [0.2, 0.25) is 5.91 Å². The number of nitrogens with one attached hydrogen (secondary N) is 1. The molecule has 0 spiro atoms. The number of carbonyl (C=O) groups excluding carboxylic acids is 2. The van der Waals surface area contributed by atoms with Gasteiger partial charge in [-0.05, 0) is 23.8 Å². The average molecular weight is 526 g/mol. The Morgan fingerprint density at radius 1 is 1.18 bits per heavy atom. The van der Waals surface area contributed by atoms with Crippen LogP contribution in [0.2, 0.25) is 0 Å². The fourth-order valence-electron chi connectivity index (χ4n) is 3.81. The Balaban J connectivity index is 1.40. The van der Waals surface area contributed by atoms with E-state index in [0.29, 0.717) is 16.7 Å². The average Bonchev–Trinajstić information content (AvgIpc) is 3.43. The van der Waals surface area contributed by atoms with Gasteiger partial charge in [0, 0.05) is 26.7 Å². The number of rotatable bonds is 7. The van der Waals surface area contributed by atoms with E-state index < -0.39 is 41.9 Å². The van der Waals surface area contributed by atoms with Gasteiger partial charge in [0.25, 0.3) is 5.91 Å². The Morgan fingerprint density at radius 2 is 1.95 bits per heavy atom. The fraction of sp³-hybridized carbons (Fsp3) is 0.292. The van der Waals surface area contributed by atoms with Gasteiger partial charge in [-0.2, -0.15) is 0 Å². The van der Waals surface area contributed by atoms with E-state index in [2.05, 4.69) is 20.3 Å². The third-order valence-corrected chi connectivity index (χ3v) is 5.86. The Bertz CT molecular complexity index is 1420. The molecule has 0 radical (unpaired) electrons. The first kappa shape index (κ1) is 26.5. The summed E-state index contributed by atoms with van der Waals surface area (Å²) in [6.45, 7) is -0.0245. The summed E-state index contributed by atoms with van der Waals surface area (Å²) < 4.78 is 7.24. The first-order valence-electron chi connectivity index (χ1n) is 11.4. The van der Waals surface area contributed by atoms with Crippen LogP contribution in [-0.4, -0.2) is 95.6 Å². The third kappa shape index (κ3) is 5.27. The second-order valence-electron chi connectivity index (χ2n) is 8.70. The van der Waals surface area contributed by atoms with Crippen LogP contribution < -0.4 is 11.1 Å². The van der Waals surface area contributed by atoms with E-state index in [9.17, 15) is 30.0 Å². The number of amides is 2. The minimum Gasteiger partial charge on any atom is -0.504 e. The number of aromatic hydroxyl groups is 2. The summed E-state index contributed by atoms with van der Waals surface area (Å²) in [6, 6.07) is 2.54. The fourth-order valence-corrected chi connectivity index (χ4v) is 3.81. The van der Waals surface area contributed by atoms with Crippen molar-refractivity contribution < 1.29 is 34.8 Å². The number of hydrogen-bond acceptors (Lipinski definition) is 11. The van der Waals surface area contributed by atoms with Crippen molar-refractivity contribution in [2.75, 3.05) is 26.4 Å². The summed E-state index contributed by atoms with van der Waals surface area (Å²) in [5.41, 5.74) is 6.59. The maximum atomic E-state index is 12.6. The molecule has 200 valence electrons. The predicted molar refractivity (Wildman–Crippen MR) is 135 cm³/mol. The van der Waals surface area contributed by atoms with Gasteiger partial charge >= 0.3 is 0 Å². The first-order chi connectivity index (χ1) is 18.1. The van der Waals surface area contributed by atoms with Crippen LogP contribution in [0.3, 0.4) is 0 Å². The number of anilines is 1. The van der Waals surface area contributed by atoms with Gasteiger partial charge in [-0.1, -0.05) is 12.2 Å². The zero-order valence-corrected chi connectivity index (χ0v) is 20.5. The van der Waals surface area contributed by atoms with E-state index in [1.54, 1.807) is 14.1 Å². The molecular formula is C24H27N7O7. The smallest absolute Gasteiger partial charge is 0.255 e. The largest absolute Gasteiger partial charge is 0.504 e. The normalized spacial score (nSPS) is 21.5. The van der Waals surface area contributed by atoms with Crippen molar-refractivity contribution in [3.63, 3.8) is 0 Å². The highest BCUT2D eigenvalue weighted by Gasteiger charge is 2.43. The molecule has 4 atom stereocenters. The second-order valence-corrected chi connectivity index (χ2v) is 8.70. The summed E-state index contributed by atoms with van der Waals surface area (Å²) in [6.07, 6.45) is 3.78. The number of likely N-dealkylation sites (N-methyl/N-ethyl adjacent to an activating group) is 1. The number of aromatic nitrogens is 4. The van der Waals surface area contributed by atoms with Gasteiger partial charge in [-0.25, -0.2) is 15.0 Å². The molecule has 14 heteroatoms. The molecule has 7 N–H and O–H groups in total. The lowest BCUT2D eigenvalue weighted by molar-refractivity contribution is -0.123. The summed E-state index contributed by atoms with van der Waals surface area (Å²) in [7, 11) is 3.16. The lowest BCUT2D eigenvalue weighted by atomic mass is 10.1. The number of benzene rings is 1. The Kier molecular flexibility index (Phi) is 7.57. The molecule has 1 fully saturated rings. The molecule has 3 heterocycles. The number of phenolic OH excluding ortho intramolecular Hbond substituents is 2. The highest BCUT2D eigenvalue weighted by molar-refractivity contribution is 5.99. The zero-order valence-electron chi connectivity index (χ0n) is 20.5. The molecule has 2 aromatic heterocycles. The number of imidazole rings is 1. The lowest BCUT2D eigenvalue weighted by Crippen LogP contribution is -2.31. The second kappa shape index (κ2) is 10.8. The summed E-state index contributed by atoms with van der Waals surface area (Å²) in [5.74, 6) is -1.95. The molecular weight excluding hydrogens is 498 g/mol. The summed E-state index contributed by atoms with van der Waals surface area (Å²) in [5, 5.41) is 43.7. The van der Waals surface area contributed by atoms with Gasteiger partial charge in [0.1, 0.15) is 30.2 Å². The molecule has 4 unspecified atom stereocenters. The molecule has 1 aromatic carbocycles. The van der Waals surface area contributed by atoms with Gasteiger partial charge in [0.05, 0.1) is 11.9 Å². The molecule has 0 aliphatic carbocycles. The Morgan fingerprint density at radius 3 is 2.68 bits per heavy atom. The van der Waals surface area contributed by atoms with Crippen molar-refractivity contribution in [2.24, 2.45) is 0 Å². The number of carbonyl (C=O) groups is 2. The van der Waals surface area contributed by atoms with Crippen molar-refractivity contribution in [1.82, 2.24) is 29.7 Å². The topological polar surface area (TPSA) is 209 Å². The number of nitrogens with two attached hydrogens (primary N) is 1. The number of aliphatic hydroxyl groups excluding tert-OH is 2. The number of hydrogen-bond donors (Lipinski definition) is 6. The number of fused-ring (bicyclic) bond motifs is 1. The number of nitrogens with zero attached hydrogens (tertiary/aromatic N) is 5. The summed E-state index contributed by atoms with van der Waals surface area (Å²) >= 11 is 0. The minimum atomic E-state index is -1.30. The third-order valence-electron chi connectivity index (χ3n) is 5.86. The van der Waals surface area contributed by atoms with Crippen molar-refractivity contribution in [2.45, 2.75) is 24.5 Å². The molecule has 38 heavy (non-hydrogen) atoms. The van der Waals surface area contributed by atoms with Gasteiger partial charge < -0.3 is 41.1 Å². The molecule has 3 aromatic rings. The van der Waals surface area contributed by atoms with Crippen LogP contribution in [0.25, 0.3) is 17.2 Å². The van der Waals surface area contributed by atoms with Crippen LogP contribution >= 0.6 is 0 Å². The first-order valence-corrected chi connectivity index (χ1v) is 11.4. The predicted octanol–water partition coefficient (Wildman–Crippen LogP) is -0.473. The number of aliphatic hydroxyl groups is 2. The van der Waals surface area contributed by atoms with Crippen molar-refractivity contribution >= 4 is 34.9 Å². The van der Waals surface area contributed by atoms with Gasteiger partial charge in [0.15, 0.2) is 29.2 Å². The monoisotopic (exact) mass is 525 g/mol. The maximum Gasteiger partial charge on any atom is 0.255 e. The number of phenols is 2. The van der Waals surface area contributed by atoms with E-state index in [4.69, 9.17) is 10.5 Å². The van der Waals surface area contributed by atoms with Crippen LogP contribution in [0.5, 0.6) is 11.5 Å². The van der Waals surface area contributed by atoms with Crippen molar-refractivity contribution in [1.29, 1.82) is 0 Å². The molecule has 1 saturated heterocycles. The van der Waals surface area contributed by atoms with Crippen LogP contribution in [-0.2, 0) is 9.53 Å². The molecule has 1 aliphatic rings. The molecule has 1 aliphatic heterocycles. The molecule has 0 saturated carbocycles. The van der Waals surface area contributed by atoms with Gasteiger partial charge in [-0.15, -0.1) is 0 Å². The maximum absolute atomic E-state index is 12.6. The SMILES string of the molecule is CN(C)C(=O)C=Cc1cc(O)c(O)c(C(=O)NCC=CC2OC(n3cnc4c(N)ncnc43)C(O)C2O)c1. The Labute approximate surface area is 216 Å². The molecule has 14 nitrogen and oxygen atoms in total. The van der Waals surface area contributed by atoms with E-state index in [1.807, 2.05) is 0 Å². The van der Waals surface area contributed by atoms with E-state index >= 15 is 0 Å². The van der Waals surface area contributed by atoms with Crippen molar-refractivity contribution in [3.05, 3.63) is 54.1 Å². The highest BCUT2D eigenvalue weighted by Crippen LogP contribution is 2.33. The molecule has 4 rings (SSSR count). The summed E-state index contributed by atoms with van der Waals surface area (Å²) in [4.78, 5) is 37.8. The highest BCUT2D eigenvalue weighted by atomic mass is 16.6. The van der Waals surface area contributed by atoms with Crippen LogP contribution in [0, 0.1) is 0 Å². The van der Waals surface area contributed by atoms with E-state index in [0.717, 1.165) is 0 Å². The number of ether oxygens (including phenoxy) is 1. The quantitative estimate of drug-likeness (QED) is 0.132. The van der Waals surface area contributed by atoms with Crippen LogP contribution in [0.4, 0.5) is 5.82 Å². The standard InChI is InChI=1S/C24H27N7O7/c1-30(2)16(33)6-5-12-8-13(18(34)14(32)9-12)23(37)26-7-3-4-15-19(35)20(36)24(38-15)31-11-29-17-21(25)27-10-28-22(17)31/h3-6,8-11,15,19-20,24,32,34-36H,7H2,1-2H3,(H,26,37)(H2,25,27,28). The van der Waals surface area contributed by atoms with Crippen LogP contribution in [0.1, 0.15) is 22.1 Å². The van der Waals surface area contributed by atoms with Gasteiger partial charge in [-0.3, -0.25) is 14.2 Å². The lowest BCUT2D eigenvalue weighted by Gasteiger charge is -2.16. The van der Waals surface area contributed by atoms with Crippen LogP contribution in [0.15, 0.2) is 43.0 Å². The Hall–Kier alpha value is -4.53.